The Labute approximate surface area is 99.5 Å². The Morgan fingerprint density at radius 1 is 1.25 bits per heavy atom. The van der Waals surface area contributed by atoms with Crippen LogP contribution in [0.1, 0.15) is 29.8 Å². The number of carbonyl (C=O) groups excluding carboxylic acids is 1. The van der Waals surface area contributed by atoms with Gasteiger partial charge in [0, 0.05) is 22.1 Å². The van der Waals surface area contributed by atoms with Gasteiger partial charge in [-0.3, -0.25) is 9.00 Å². The maximum Gasteiger partial charge on any atom is 0.175 e. The maximum atomic E-state index is 11.8. The van der Waals surface area contributed by atoms with Crippen molar-refractivity contribution in [3.63, 3.8) is 0 Å². The van der Waals surface area contributed by atoms with Crippen LogP contribution in [0.4, 0.5) is 0 Å². The first-order chi connectivity index (χ1) is 7.49. The SMILES string of the molecule is Cc1ccc(C(=O)CS(=O)CC(C)C)cc1. The van der Waals surface area contributed by atoms with E-state index in [0.717, 1.165) is 5.56 Å². The van der Waals surface area contributed by atoms with Crippen LogP contribution >= 0.6 is 0 Å². The highest BCUT2D eigenvalue weighted by Crippen LogP contribution is 2.06. The number of hydrogen-bond acceptors (Lipinski definition) is 2. The van der Waals surface area contributed by atoms with Gasteiger partial charge < -0.3 is 0 Å². The van der Waals surface area contributed by atoms with Gasteiger partial charge in [-0.25, -0.2) is 0 Å². The lowest BCUT2D eigenvalue weighted by atomic mass is 10.1. The van der Waals surface area contributed by atoms with Gasteiger partial charge in [-0.1, -0.05) is 43.7 Å². The number of carbonyl (C=O) groups is 1. The minimum atomic E-state index is -1.04. The van der Waals surface area contributed by atoms with Crippen molar-refractivity contribution in [3.8, 4) is 0 Å². The smallest absolute Gasteiger partial charge is 0.175 e. The van der Waals surface area contributed by atoms with Crippen molar-refractivity contribution in [1.82, 2.24) is 0 Å². The third-order valence-corrected chi connectivity index (χ3v) is 3.81. The lowest BCUT2D eigenvalue weighted by Gasteiger charge is -2.04. The monoisotopic (exact) mass is 238 g/mol. The van der Waals surface area contributed by atoms with Gasteiger partial charge in [-0.05, 0) is 12.8 Å². The molecule has 0 heterocycles. The predicted molar refractivity (Wildman–Crippen MR) is 68.2 cm³/mol. The summed E-state index contributed by atoms with van der Waals surface area (Å²) in [4.78, 5) is 11.8. The van der Waals surface area contributed by atoms with Gasteiger partial charge in [0.1, 0.15) is 0 Å². The summed E-state index contributed by atoms with van der Waals surface area (Å²) in [6.45, 7) is 5.99. The molecule has 0 saturated carbocycles. The topological polar surface area (TPSA) is 34.1 Å². The molecule has 0 aliphatic rings. The fourth-order valence-corrected chi connectivity index (χ4v) is 2.72. The summed E-state index contributed by atoms with van der Waals surface area (Å²) in [6, 6.07) is 7.39. The molecule has 1 atom stereocenters. The molecule has 0 spiro atoms. The van der Waals surface area contributed by atoms with Crippen molar-refractivity contribution in [1.29, 1.82) is 0 Å². The Hall–Kier alpha value is -0.960. The molecule has 0 N–H and O–H groups in total. The maximum absolute atomic E-state index is 11.8. The lowest BCUT2D eigenvalue weighted by molar-refractivity contribution is 0.102. The van der Waals surface area contributed by atoms with E-state index in [4.69, 9.17) is 0 Å². The van der Waals surface area contributed by atoms with Crippen molar-refractivity contribution in [2.45, 2.75) is 20.8 Å². The summed E-state index contributed by atoms with van der Waals surface area (Å²) < 4.78 is 11.6. The van der Waals surface area contributed by atoms with E-state index < -0.39 is 10.8 Å². The van der Waals surface area contributed by atoms with Gasteiger partial charge in [0.05, 0.1) is 5.75 Å². The highest BCUT2D eigenvalue weighted by molar-refractivity contribution is 7.85. The molecule has 1 aromatic rings. The first kappa shape index (κ1) is 13.1. The standard InChI is InChI=1S/C13H18O2S/c1-10(2)8-16(15)9-13(14)12-6-4-11(3)5-7-12/h4-7,10H,8-9H2,1-3H3. The third-order valence-electron chi connectivity index (χ3n) is 2.18. The molecule has 0 aromatic heterocycles. The van der Waals surface area contributed by atoms with Gasteiger partial charge in [-0.2, -0.15) is 0 Å². The molecule has 0 aliphatic heterocycles. The first-order valence-electron chi connectivity index (χ1n) is 5.44. The molecule has 88 valence electrons. The van der Waals surface area contributed by atoms with Crippen LogP contribution < -0.4 is 0 Å². The summed E-state index contributed by atoms with van der Waals surface area (Å²) in [5, 5.41) is 0. The second-order valence-electron chi connectivity index (χ2n) is 4.43. The van der Waals surface area contributed by atoms with E-state index in [0.29, 0.717) is 17.2 Å². The summed E-state index contributed by atoms with van der Waals surface area (Å²) >= 11 is 0. The second-order valence-corrected chi connectivity index (χ2v) is 5.94. The fourth-order valence-electron chi connectivity index (χ4n) is 1.40. The molecule has 0 bridgehead atoms. The normalized spacial score (nSPS) is 12.8. The van der Waals surface area contributed by atoms with Crippen LogP contribution in [0.5, 0.6) is 0 Å². The van der Waals surface area contributed by atoms with Crippen molar-refractivity contribution in [3.05, 3.63) is 35.4 Å². The highest BCUT2D eigenvalue weighted by atomic mass is 32.2. The number of hydrogen-bond donors (Lipinski definition) is 0. The third kappa shape index (κ3) is 4.27. The Bertz CT molecular complexity index is 379. The molecule has 0 fully saturated rings. The summed E-state index contributed by atoms with van der Waals surface area (Å²) in [5.41, 5.74) is 1.78. The number of Topliss-reactive ketones (excluding diaryl/α,β-unsaturated/α-hetero) is 1. The number of aryl methyl sites for hydroxylation is 1. The van der Waals surface area contributed by atoms with E-state index in [1.807, 2.05) is 32.9 Å². The Morgan fingerprint density at radius 2 is 1.81 bits per heavy atom. The minimum Gasteiger partial charge on any atom is -0.293 e. The Morgan fingerprint density at radius 3 is 2.31 bits per heavy atom. The Kier molecular flexibility index (Phi) is 4.87. The van der Waals surface area contributed by atoms with Crippen molar-refractivity contribution < 1.29 is 9.00 Å². The molecule has 2 nitrogen and oxygen atoms in total. The molecule has 3 heteroatoms. The van der Waals surface area contributed by atoms with Gasteiger partial charge >= 0.3 is 0 Å². The zero-order valence-corrected chi connectivity index (χ0v) is 10.8. The zero-order chi connectivity index (χ0) is 12.1. The average molecular weight is 238 g/mol. The van der Waals surface area contributed by atoms with Crippen molar-refractivity contribution in [2.75, 3.05) is 11.5 Å². The van der Waals surface area contributed by atoms with E-state index in [-0.39, 0.29) is 11.5 Å². The average Bonchev–Trinajstić information content (AvgIpc) is 2.16. The molecule has 1 aromatic carbocycles. The minimum absolute atomic E-state index is 0.0287. The van der Waals surface area contributed by atoms with Crippen LogP contribution in [0, 0.1) is 12.8 Å². The summed E-state index contributed by atoms with van der Waals surface area (Å²) in [7, 11) is -1.04. The van der Waals surface area contributed by atoms with Crippen LogP contribution in [-0.4, -0.2) is 21.5 Å². The number of ketones is 1. The van der Waals surface area contributed by atoms with Crippen LogP contribution in [0.25, 0.3) is 0 Å². The van der Waals surface area contributed by atoms with E-state index in [2.05, 4.69) is 0 Å². The van der Waals surface area contributed by atoms with E-state index in [9.17, 15) is 9.00 Å². The van der Waals surface area contributed by atoms with Gasteiger partial charge in [-0.15, -0.1) is 0 Å². The molecular weight excluding hydrogens is 220 g/mol. The van der Waals surface area contributed by atoms with Gasteiger partial charge in [0.2, 0.25) is 0 Å². The van der Waals surface area contributed by atoms with Crippen LogP contribution in [0.2, 0.25) is 0 Å². The molecular formula is C13H18O2S. The molecule has 1 unspecified atom stereocenters. The largest absolute Gasteiger partial charge is 0.293 e. The molecule has 0 saturated heterocycles. The lowest BCUT2D eigenvalue weighted by Crippen LogP contribution is -2.15. The Balaban J connectivity index is 2.59. The molecule has 1 rings (SSSR count). The summed E-state index contributed by atoms with van der Waals surface area (Å²) in [6.07, 6.45) is 0. The molecule has 0 aliphatic carbocycles. The van der Waals surface area contributed by atoms with E-state index in [1.54, 1.807) is 12.1 Å². The van der Waals surface area contributed by atoms with Crippen LogP contribution in [-0.2, 0) is 10.8 Å². The van der Waals surface area contributed by atoms with Crippen molar-refractivity contribution in [2.24, 2.45) is 5.92 Å². The second kappa shape index (κ2) is 5.94. The summed E-state index contributed by atoms with van der Waals surface area (Å²) in [5.74, 6) is 1.07. The zero-order valence-electron chi connectivity index (χ0n) is 10.0. The number of benzene rings is 1. The van der Waals surface area contributed by atoms with Crippen LogP contribution in [0.15, 0.2) is 24.3 Å². The van der Waals surface area contributed by atoms with Crippen LogP contribution in [0.3, 0.4) is 0 Å². The first-order valence-corrected chi connectivity index (χ1v) is 6.92. The van der Waals surface area contributed by atoms with Crippen molar-refractivity contribution >= 4 is 16.6 Å². The molecule has 16 heavy (non-hydrogen) atoms. The van der Waals surface area contributed by atoms with Gasteiger partial charge in [0.15, 0.2) is 5.78 Å². The predicted octanol–water partition coefficient (Wildman–Crippen LogP) is 2.58. The fraction of sp³-hybridized carbons (Fsp3) is 0.462. The van der Waals surface area contributed by atoms with E-state index >= 15 is 0 Å². The molecule has 0 radical (unpaired) electrons. The van der Waals surface area contributed by atoms with E-state index in [1.165, 1.54) is 0 Å². The highest BCUT2D eigenvalue weighted by Gasteiger charge is 2.11. The quantitative estimate of drug-likeness (QED) is 0.739. The molecule has 0 amide bonds. The number of rotatable bonds is 5. The van der Waals surface area contributed by atoms with Gasteiger partial charge in [0.25, 0.3) is 0 Å².